The molecule has 2 N–H and O–H groups in total. The fraction of sp³-hybridized carbons (Fsp3) is 0.381. The topological polar surface area (TPSA) is 79.2 Å². The van der Waals surface area contributed by atoms with Gasteiger partial charge in [-0.3, -0.25) is 0 Å². The molecule has 2 aromatic rings. The maximum atomic E-state index is 12.7. The van der Waals surface area contributed by atoms with Crippen LogP contribution >= 0.6 is 0 Å². The lowest BCUT2D eigenvalue weighted by Gasteiger charge is -2.33. The van der Waals surface area contributed by atoms with Gasteiger partial charge in [0.15, 0.2) is 6.29 Å². The van der Waals surface area contributed by atoms with Crippen LogP contribution in [-0.4, -0.2) is 46.2 Å². The van der Waals surface area contributed by atoms with Crippen molar-refractivity contribution in [1.29, 1.82) is 0 Å². The fourth-order valence-electron chi connectivity index (χ4n) is 3.05. The van der Waals surface area contributed by atoms with Crippen molar-refractivity contribution in [2.75, 3.05) is 6.54 Å². The van der Waals surface area contributed by atoms with E-state index in [1.807, 2.05) is 60.7 Å². The van der Waals surface area contributed by atoms with Gasteiger partial charge in [-0.2, -0.15) is 0 Å². The zero-order valence-corrected chi connectivity index (χ0v) is 15.1. The number of nitrogens with zero attached hydrogens (tertiary/aromatic N) is 1. The molecule has 1 aliphatic rings. The van der Waals surface area contributed by atoms with E-state index >= 15 is 0 Å². The van der Waals surface area contributed by atoms with Gasteiger partial charge in [-0.1, -0.05) is 60.7 Å². The predicted octanol–water partition coefficient (Wildman–Crippen LogP) is 2.68. The third kappa shape index (κ3) is 5.79. The number of amides is 1. The number of carbonyl (C=O) groups is 1. The molecule has 1 fully saturated rings. The van der Waals surface area contributed by atoms with Crippen LogP contribution in [0.4, 0.5) is 4.79 Å². The molecule has 2 unspecified atom stereocenters. The number of hydrogen-bond acceptors (Lipinski definition) is 5. The smallest absolute Gasteiger partial charge is 0.410 e. The summed E-state index contributed by atoms with van der Waals surface area (Å²) < 4.78 is 10.9. The first-order chi connectivity index (χ1) is 13.1. The number of carbonyl (C=O) groups excluding carboxylic acids is 1. The van der Waals surface area contributed by atoms with Crippen LogP contribution in [-0.2, 0) is 22.6 Å². The van der Waals surface area contributed by atoms with Gasteiger partial charge in [-0.05, 0) is 24.0 Å². The second kappa shape index (κ2) is 9.50. The van der Waals surface area contributed by atoms with Crippen LogP contribution in [0.15, 0.2) is 60.7 Å². The van der Waals surface area contributed by atoms with Gasteiger partial charge in [0.2, 0.25) is 0 Å². The van der Waals surface area contributed by atoms with E-state index in [0.717, 1.165) is 11.1 Å². The highest BCUT2D eigenvalue weighted by molar-refractivity contribution is 5.67. The largest absolute Gasteiger partial charge is 0.445 e. The van der Waals surface area contributed by atoms with E-state index in [2.05, 4.69) is 0 Å². The molecule has 1 amide bonds. The Morgan fingerprint density at radius 3 is 2.26 bits per heavy atom. The Hall–Kier alpha value is -2.41. The van der Waals surface area contributed by atoms with Gasteiger partial charge in [-0.25, -0.2) is 4.79 Å². The highest BCUT2D eigenvalue weighted by Crippen LogP contribution is 2.20. The lowest BCUT2D eigenvalue weighted by molar-refractivity contribution is -0.217. The Labute approximate surface area is 159 Å². The Bertz CT molecular complexity index is 709. The van der Waals surface area contributed by atoms with Gasteiger partial charge in [0.1, 0.15) is 12.7 Å². The zero-order valence-electron chi connectivity index (χ0n) is 15.1. The summed E-state index contributed by atoms with van der Waals surface area (Å²) in [6.07, 6.45) is -1.89. The fourth-order valence-corrected chi connectivity index (χ4v) is 3.05. The van der Waals surface area contributed by atoms with Crippen molar-refractivity contribution < 1.29 is 24.5 Å². The van der Waals surface area contributed by atoms with E-state index in [9.17, 15) is 15.0 Å². The molecule has 2 aromatic carbocycles. The van der Waals surface area contributed by atoms with Crippen molar-refractivity contribution in [1.82, 2.24) is 4.90 Å². The molecule has 6 heteroatoms. The molecule has 0 bridgehead atoms. The lowest BCUT2D eigenvalue weighted by atomic mass is 10.1. The molecule has 3 atom stereocenters. The third-order valence-electron chi connectivity index (χ3n) is 4.55. The van der Waals surface area contributed by atoms with E-state index in [1.165, 1.54) is 0 Å². The van der Waals surface area contributed by atoms with E-state index < -0.39 is 18.5 Å². The van der Waals surface area contributed by atoms with Crippen LogP contribution < -0.4 is 0 Å². The Morgan fingerprint density at radius 1 is 1.00 bits per heavy atom. The first kappa shape index (κ1) is 19.4. The monoisotopic (exact) mass is 371 g/mol. The molecule has 0 aromatic heterocycles. The zero-order chi connectivity index (χ0) is 19.1. The molecular formula is C21H25NO5. The maximum absolute atomic E-state index is 12.7. The highest BCUT2D eigenvalue weighted by atomic mass is 16.6. The van der Waals surface area contributed by atoms with Crippen molar-refractivity contribution in [3.63, 3.8) is 0 Å². The number of rotatable bonds is 6. The minimum Gasteiger partial charge on any atom is -0.445 e. The van der Waals surface area contributed by atoms with Gasteiger partial charge in [0.05, 0.1) is 12.6 Å². The van der Waals surface area contributed by atoms with Crippen LogP contribution in [0.3, 0.4) is 0 Å². The molecule has 6 nitrogen and oxygen atoms in total. The molecule has 1 heterocycles. The molecule has 0 saturated carbocycles. The molecule has 144 valence electrons. The van der Waals surface area contributed by atoms with Gasteiger partial charge in [0.25, 0.3) is 0 Å². The average molecular weight is 371 g/mol. The standard InChI is InChI=1S/C21H25NO5/c23-19-12-11-18(27-20(19)24)14-22(13-16-7-3-1-4-8-16)21(25)26-15-17-9-5-2-6-10-17/h1-10,18-20,23-24H,11-15H2/t18-,19?,20?/m0/s1. The van der Waals surface area contributed by atoms with E-state index in [-0.39, 0.29) is 19.3 Å². The quantitative estimate of drug-likeness (QED) is 0.816. The summed E-state index contributed by atoms with van der Waals surface area (Å²) >= 11 is 0. The molecule has 1 aliphatic heterocycles. The minimum atomic E-state index is -1.22. The number of hydrogen-bond donors (Lipinski definition) is 2. The van der Waals surface area contributed by atoms with E-state index in [1.54, 1.807) is 4.90 Å². The summed E-state index contributed by atoms with van der Waals surface area (Å²) in [5.74, 6) is 0. The van der Waals surface area contributed by atoms with Gasteiger partial charge >= 0.3 is 6.09 Å². The van der Waals surface area contributed by atoms with Crippen molar-refractivity contribution >= 4 is 6.09 Å². The third-order valence-corrected chi connectivity index (χ3v) is 4.55. The normalized spacial score (nSPS) is 22.2. The number of aliphatic hydroxyl groups is 2. The minimum absolute atomic E-state index is 0.192. The SMILES string of the molecule is O=C(OCc1ccccc1)N(Cc1ccccc1)C[C@@H]1CCC(O)C(O)O1. The highest BCUT2D eigenvalue weighted by Gasteiger charge is 2.30. The van der Waals surface area contributed by atoms with Crippen LogP contribution in [0.5, 0.6) is 0 Å². The second-order valence-electron chi connectivity index (χ2n) is 6.70. The molecule has 0 spiro atoms. The van der Waals surface area contributed by atoms with Crippen LogP contribution in [0.25, 0.3) is 0 Å². The molecule has 1 saturated heterocycles. The van der Waals surface area contributed by atoms with Crippen LogP contribution in [0.2, 0.25) is 0 Å². The van der Waals surface area contributed by atoms with Gasteiger partial charge in [-0.15, -0.1) is 0 Å². The Kier molecular flexibility index (Phi) is 6.81. The van der Waals surface area contributed by atoms with Gasteiger partial charge in [0, 0.05) is 6.54 Å². The average Bonchev–Trinajstić information content (AvgIpc) is 2.70. The summed E-state index contributed by atoms with van der Waals surface area (Å²) in [6.45, 7) is 0.858. The van der Waals surface area contributed by atoms with E-state index in [4.69, 9.17) is 9.47 Å². The van der Waals surface area contributed by atoms with Gasteiger partial charge < -0.3 is 24.6 Å². The van der Waals surface area contributed by atoms with Crippen molar-refractivity contribution in [2.45, 2.75) is 44.5 Å². The first-order valence-electron chi connectivity index (χ1n) is 9.13. The molecule has 0 radical (unpaired) electrons. The molecule has 0 aliphatic carbocycles. The first-order valence-corrected chi connectivity index (χ1v) is 9.13. The molecular weight excluding hydrogens is 346 g/mol. The number of benzene rings is 2. The molecule has 3 rings (SSSR count). The predicted molar refractivity (Wildman–Crippen MR) is 99.6 cm³/mol. The summed E-state index contributed by atoms with van der Waals surface area (Å²) in [5, 5.41) is 19.3. The molecule has 27 heavy (non-hydrogen) atoms. The Balaban J connectivity index is 1.64. The number of ether oxygens (including phenoxy) is 2. The van der Waals surface area contributed by atoms with Crippen molar-refractivity contribution in [3.05, 3.63) is 71.8 Å². The van der Waals surface area contributed by atoms with Crippen molar-refractivity contribution in [2.24, 2.45) is 0 Å². The number of aliphatic hydroxyl groups excluding tert-OH is 2. The summed E-state index contributed by atoms with van der Waals surface area (Å²) in [5.41, 5.74) is 1.89. The lowest BCUT2D eigenvalue weighted by Crippen LogP contribution is -2.45. The summed E-state index contributed by atoms with van der Waals surface area (Å²) in [6, 6.07) is 19.1. The van der Waals surface area contributed by atoms with Crippen LogP contribution in [0, 0.1) is 0 Å². The summed E-state index contributed by atoms with van der Waals surface area (Å²) in [4.78, 5) is 14.3. The van der Waals surface area contributed by atoms with E-state index in [0.29, 0.717) is 19.4 Å². The maximum Gasteiger partial charge on any atom is 0.410 e. The second-order valence-corrected chi connectivity index (χ2v) is 6.70. The summed E-state index contributed by atoms with van der Waals surface area (Å²) in [7, 11) is 0. The van der Waals surface area contributed by atoms with Crippen molar-refractivity contribution in [3.8, 4) is 0 Å². The van der Waals surface area contributed by atoms with Crippen LogP contribution in [0.1, 0.15) is 24.0 Å². The Morgan fingerprint density at radius 2 is 1.63 bits per heavy atom.